The molecule has 5 nitrogen and oxygen atoms in total. The van der Waals surface area contributed by atoms with Crippen LogP contribution in [0.1, 0.15) is 38.3 Å². The summed E-state index contributed by atoms with van der Waals surface area (Å²) in [6.07, 6.45) is 1.32. The molecule has 0 aliphatic rings. The highest BCUT2D eigenvalue weighted by Gasteiger charge is 2.17. The van der Waals surface area contributed by atoms with Gasteiger partial charge in [0, 0.05) is 11.0 Å². The molecule has 1 aromatic carbocycles. The van der Waals surface area contributed by atoms with E-state index in [0.717, 1.165) is 16.5 Å². The predicted molar refractivity (Wildman–Crippen MR) is 85.1 cm³/mol. The van der Waals surface area contributed by atoms with E-state index in [9.17, 15) is 9.59 Å². The third kappa shape index (κ3) is 6.16. The van der Waals surface area contributed by atoms with Crippen molar-refractivity contribution in [3.05, 3.63) is 34.3 Å². The van der Waals surface area contributed by atoms with Crippen molar-refractivity contribution >= 4 is 27.9 Å². The van der Waals surface area contributed by atoms with Crippen LogP contribution in [0.2, 0.25) is 0 Å². The zero-order chi connectivity index (χ0) is 15.8. The molecule has 0 aliphatic heterocycles. The van der Waals surface area contributed by atoms with Gasteiger partial charge >= 0.3 is 12.0 Å². The maximum absolute atomic E-state index is 11.8. The van der Waals surface area contributed by atoms with Gasteiger partial charge in [-0.25, -0.2) is 4.79 Å². The number of urea groups is 1. The van der Waals surface area contributed by atoms with E-state index < -0.39 is 11.9 Å². The number of carbonyl (C=O) groups is 2. The molecule has 0 spiro atoms. The molecule has 0 saturated carbocycles. The Morgan fingerprint density at radius 2 is 2.10 bits per heavy atom. The Hall–Kier alpha value is -1.56. The van der Waals surface area contributed by atoms with Gasteiger partial charge < -0.3 is 15.7 Å². The average Bonchev–Trinajstić information content (AvgIpc) is 2.43. The molecule has 6 heteroatoms. The van der Waals surface area contributed by atoms with Gasteiger partial charge in [0.05, 0.1) is 12.0 Å². The van der Waals surface area contributed by atoms with Gasteiger partial charge in [-0.1, -0.05) is 41.4 Å². The van der Waals surface area contributed by atoms with E-state index >= 15 is 0 Å². The van der Waals surface area contributed by atoms with Gasteiger partial charge in [-0.2, -0.15) is 0 Å². The lowest BCUT2D eigenvalue weighted by Gasteiger charge is -2.17. The minimum Gasteiger partial charge on any atom is -0.481 e. The van der Waals surface area contributed by atoms with E-state index in [1.54, 1.807) is 0 Å². The fraction of sp³-hybridized carbons (Fsp3) is 0.467. The van der Waals surface area contributed by atoms with Crippen molar-refractivity contribution < 1.29 is 14.7 Å². The largest absolute Gasteiger partial charge is 0.481 e. The van der Waals surface area contributed by atoms with Crippen molar-refractivity contribution in [3.63, 3.8) is 0 Å². The molecule has 0 bridgehead atoms. The molecule has 1 aromatic rings. The first-order valence-corrected chi connectivity index (χ1v) is 7.76. The van der Waals surface area contributed by atoms with Crippen molar-refractivity contribution in [2.45, 2.75) is 32.7 Å². The zero-order valence-electron chi connectivity index (χ0n) is 12.2. The SMILES string of the molecule is CCCC(CNC(=O)NC(C)c1cccc(Br)c1)C(=O)O. The van der Waals surface area contributed by atoms with Gasteiger partial charge in [0.1, 0.15) is 0 Å². The second kappa shape index (κ2) is 8.67. The normalized spacial score (nSPS) is 13.3. The fourth-order valence-electron chi connectivity index (χ4n) is 1.98. The topological polar surface area (TPSA) is 78.4 Å². The van der Waals surface area contributed by atoms with Gasteiger partial charge in [-0.15, -0.1) is 0 Å². The maximum atomic E-state index is 11.8. The smallest absolute Gasteiger partial charge is 0.315 e. The van der Waals surface area contributed by atoms with Crippen molar-refractivity contribution in [1.82, 2.24) is 10.6 Å². The summed E-state index contributed by atoms with van der Waals surface area (Å²) in [6, 6.07) is 7.16. The van der Waals surface area contributed by atoms with Crippen molar-refractivity contribution in [2.75, 3.05) is 6.54 Å². The number of halogens is 1. The van der Waals surface area contributed by atoms with E-state index in [-0.39, 0.29) is 18.6 Å². The van der Waals surface area contributed by atoms with Gasteiger partial charge in [-0.05, 0) is 31.0 Å². The Kier molecular flexibility index (Phi) is 7.22. The Morgan fingerprint density at radius 3 is 2.67 bits per heavy atom. The van der Waals surface area contributed by atoms with Crippen molar-refractivity contribution in [1.29, 1.82) is 0 Å². The second-order valence-corrected chi connectivity index (χ2v) is 5.87. The van der Waals surface area contributed by atoms with E-state index in [1.807, 2.05) is 38.1 Å². The first kappa shape index (κ1) is 17.5. The third-order valence-corrected chi connectivity index (χ3v) is 3.68. The minimum atomic E-state index is -0.878. The van der Waals surface area contributed by atoms with E-state index in [1.165, 1.54) is 0 Å². The molecule has 0 aromatic heterocycles. The number of aliphatic carboxylic acids is 1. The molecule has 2 unspecified atom stereocenters. The number of carbonyl (C=O) groups excluding carboxylic acids is 1. The monoisotopic (exact) mass is 356 g/mol. The Balaban J connectivity index is 2.47. The molecule has 3 N–H and O–H groups in total. The van der Waals surface area contributed by atoms with E-state index in [0.29, 0.717) is 6.42 Å². The highest BCUT2D eigenvalue weighted by molar-refractivity contribution is 9.10. The summed E-state index contributed by atoms with van der Waals surface area (Å²) in [6.45, 7) is 3.94. The third-order valence-electron chi connectivity index (χ3n) is 3.19. The van der Waals surface area contributed by atoms with Crippen molar-refractivity contribution in [2.24, 2.45) is 5.92 Å². The molecular formula is C15H21BrN2O3. The predicted octanol–water partition coefficient (Wildman–Crippen LogP) is 3.31. The van der Waals surface area contributed by atoms with Crippen LogP contribution in [-0.4, -0.2) is 23.7 Å². The Labute approximate surface area is 133 Å². The quantitative estimate of drug-likeness (QED) is 0.701. The summed E-state index contributed by atoms with van der Waals surface area (Å²) in [5.74, 6) is -1.42. The molecule has 0 aliphatic carbocycles. The van der Waals surface area contributed by atoms with Crippen molar-refractivity contribution in [3.8, 4) is 0 Å². The molecule has 0 fully saturated rings. The van der Waals surface area contributed by atoms with Crippen LogP contribution < -0.4 is 10.6 Å². The van der Waals surface area contributed by atoms with E-state index in [4.69, 9.17) is 5.11 Å². The number of benzene rings is 1. The number of nitrogens with one attached hydrogen (secondary N) is 2. The molecule has 0 saturated heterocycles. The minimum absolute atomic E-state index is 0.139. The fourth-order valence-corrected chi connectivity index (χ4v) is 2.40. The molecule has 0 radical (unpaired) electrons. The van der Waals surface area contributed by atoms with Gasteiger partial charge in [0.25, 0.3) is 0 Å². The van der Waals surface area contributed by atoms with Crippen LogP contribution in [0, 0.1) is 5.92 Å². The summed E-state index contributed by atoms with van der Waals surface area (Å²) in [5.41, 5.74) is 0.975. The zero-order valence-corrected chi connectivity index (χ0v) is 13.8. The molecule has 2 atom stereocenters. The molecule has 2 amide bonds. The van der Waals surface area contributed by atoms with Crippen LogP contribution in [0.5, 0.6) is 0 Å². The second-order valence-electron chi connectivity index (χ2n) is 4.95. The summed E-state index contributed by atoms with van der Waals surface area (Å²) in [4.78, 5) is 22.8. The lowest BCUT2D eigenvalue weighted by Crippen LogP contribution is -2.40. The van der Waals surface area contributed by atoms with Crippen LogP contribution >= 0.6 is 15.9 Å². The first-order chi connectivity index (χ1) is 9.93. The number of carboxylic acids is 1. The number of hydrogen-bond donors (Lipinski definition) is 3. The molecular weight excluding hydrogens is 336 g/mol. The maximum Gasteiger partial charge on any atom is 0.315 e. The van der Waals surface area contributed by atoms with E-state index in [2.05, 4.69) is 26.6 Å². The van der Waals surface area contributed by atoms with Crippen LogP contribution in [0.4, 0.5) is 4.79 Å². The average molecular weight is 357 g/mol. The van der Waals surface area contributed by atoms with Crippen LogP contribution in [0.15, 0.2) is 28.7 Å². The Bertz CT molecular complexity index is 494. The summed E-state index contributed by atoms with van der Waals surface area (Å²) in [7, 11) is 0. The standard InChI is InChI=1S/C15H21BrN2O3/c1-3-5-12(14(19)20)9-17-15(21)18-10(2)11-6-4-7-13(16)8-11/h4,6-8,10,12H,3,5,9H2,1-2H3,(H,19,20)(H2,17,18,21). The summed E-state index contributed by atoms with van der Waals surface area (Å²) >= 11 is 3.39. The highest BCUT2D eigenvalue weighted by Crippen LogP contribution is 2.17. The lowest BCUT2D eigenvalue weighted by molar-refractivity contribution is -0.141. The van der Waals surface area contributed by atoms with Crippen LogP contribution in [0.25, 0.3) is 0 Å². The molecule has 0 heterocycles. The summed E-state index contributed by atoms with van der Waals surface area (Å²) < 4.78 is 0.947. The van der Waals surface area contributed by atoms with Gasteiger partial charge in [0.15, 0.2) is 0 Å². The highest BCUT2D eigenvalue weighted by atomic mass is 79.9. The van der Waals surface area contributed by atoms with Crippen LogP contribution in [-0.2, 0) is 4.79 Å². The first-order valence-electron chi connectivity index (χ1n) is 6.96. The molecule has 116 valence electrons. The molecule has 1 rings (SSSR count). The lowest BCUT2D eigenvalue weighted by atomic mass is 10.0. The van der Waals surface area contributed by atoms with Gasteiger partial charge in [-0.3, -0.25) is 4.79 Å². The summed E-state index contributed by atoms with van der Waals surface area (Å²) in [5, 5.41) is 14.4. The van der Waals surface area contributed by atoms with Crippen LogP contribution in [0.3, 0.4) is 0 Å². The number of rotatable bonds is 7. The Morgan fingerprint density at radius 1 is 1.38 bits per heavy atom. The number of carboxylic acid groups (broad SMARTS) is 1. The van der Waals surface area contributed by atoms with Gasteiger partial charge in [0.2, 0.25) is 0 Å². The number of amides is 2. The number of hydrogen-bond acceptors (Lipinski definition) is 2. The molecule has 21 heavy (non-hydrogen) atoms.